The maximum Gasteiger partial charge on any atom is 0.267 e. The molecule has 1 N–H and O–H groups in total. The molecule has 0 saturated carbocycles. The van der Waals surface area contributed by atoms with Crippen LogP contribution in [0.25, 0.3) is 16.6 Å². The Morgan fingerprint density at radius 1 is 1.04 bits per heavy atom. The molecule has 0 atom stereocenters. The lowest BCUT2D eigenvalue weighted by Gasteiger charge is -2.14. The minimum atomic E-state index is -0.486. The van der Waals surface area contributed by atoms with Crippen LogP contribution in [-0.4, -0.2) is 19.5 Å². The second-order valence-electron chi connectivity index (χ2n) is 5.29. The van der Waals surface area contributed by atoms with Crippen LogP contribution in [0.3, 0.4) is 0 Å². The Balaban J connectivity index is 1.99. The van der Waals surface area contributed by atoms with Gasteiger partial charge in [-0.25, -0.2) is 18.9 Å². The van der Waals surface area contributed by atoms with Crippen molar-refractivity contribution >= 4 is 22.7 Å². The van der Waals surface area contributed by atoms with Crippen LogP contribution >= 0.6 is 0 Å². The van der Waals surface area contributed by atoms with E-state index in [0.717, 1.165) is 0 Å². The number of aromatic nitrogens is 4. The molecule has 0 fully saturated rings. The van der Waals surface area contributed by atoms with Gasteiger partial charge in [0, 0.05) is 12.4 Å². The van der Waals surface area contributed by atoms with Gasteiger partial charge in [-0.1, -0.05) is 18.2 Å². The monoisotopic (exact) mass is 333 g/mol. The second-order valence-corrected chi connectivity index (χ2v) is 5.29. The standard InChI is InChI=1S/C18H12FN5O/c19-12-6-7-15-14(10-12)17(25)24(13-4-2-1-3-5-13)18(22-15)23-16-11-20-8-9-21-16/h1-11H,(H,21,22,23). The first-order valence-electron chi connectivity index (χ1n) is 7.53. The van der Waals surface area contributed by atoms with Crippen molar-refractivity contribution in [3.05, 3.63) is 83.3 Å². The summed E-state index contributed by atoms with van der Waals surface area (Å²) < 4.78 is 15.0. The second kappa shape index (κ2) is 6.12. The fourth-order valence-corrected chi connectivity index (χ4v) is 2.54. The molecule has 0 aliphatic rings. The third kappa shape index (κ3) is 2.83. The van der Waals surface area contributed by atoms with Gasteiger partial charge in [0.2, 0.25) is 5.95 Å². The molecule has 0 radical (unpaired) electrons. The molecule has 0 bridgehead atoms. The summed E-state index contributed by atoms with van der Waals surface area (Å²) in [6, 6.07) is 12.9. The molecule has 4 rings (SSSR count). The minimum absolute atomic E-state index is 0.202. The van der Waals surface area contributed by atoms with Gasteiger partial charge in [-0.3, -0.25) is 9.78 Å². The lowest BCUT2D eigenvalue weighted by atomic mass is 10.2. The van der Waals surface area contributed by atoms with Crippen LogP contribution in [-0.2, 0) is 0 Å². The molecule has 122 valence electrons. The van der Waals surface area contributed by atoms with Crippen LogP contribution in [0.5, 0.6) is 0 Å². The van der Waals surface area contributed by atoms with E-state index in [2.05, 4.69) is 20.3 Å². The molecule has 0 amide bonds. The van der Waals surface area contributed by atoms with Crippen molar-refractivity contribution < 1.29 is 4.39 Å². The molecule has 0 aliphatic heterocycles. The summed E-state index contributed by atoms with van der Waals surface area (Å²) in [7, 11) is 0. The summed E-state index contributed by atoms with van der Waals surface area (Å²) in [6.45, 7) is 0. The van der Waals surface area contributed by atoms with Crippen LogP contribution in [0.15, 0.2) is 71.9 Å². The van der Waals surface area contributed by atoms with Gasteiger partial charge in [-0.2, -0.15) is 0 Å². The largest absolute Gasteiger partial charge is 0.309 e. The van der Waals surface area contributed by atoms with E-state index in [4.69, 9.17) is 0 Å². The van der Waals surface area contributed by atoms with Crippen molar-refractivity contribution in [1.82, 2.24) is 19.5 Å². The van der Waals surface area contributed by atoms with Crippen LogP contribution in [0.2, 0.25) is 0 Å². The number of para-hydroxylation sites is 1. The number of hydrogen-bond acceptors (Lipinski definition) is 5. The van der Waals surface area contributed by atoms with E-state index in [1.54, 1.807) is 18.3 Å². The lowest BCUT2D eigenvalue weighted by molar-refractivity contribution is 0.629. The van der Waals surface area contributed by atoms with Gasteiger partial charge in [0.1, 0.15) is 5.82 Å². The third-order valence-corrected chi connectivity index (χ3v) is 3.65. The first-order chi connectivity index (χ1) is 12.2. The highest BCUT2D eigenvalue weighted by Gasteiger charge is 2.14. The highest BCUT2D eigenvalue weighted by atomic mass is 19.1. The molecule has 0 saturated heterocycles. The van der Waals surface area contributed by atoms with E-state index in [9.17, 15) is 9.18 Å². The fraction of sp³-hybridized carbons (Fsp3) is 0. The van der Waals surface area contributed by atoms with Crippen molar-refractivity contribution in [2.45, 2.75) is 0 Å². The van der Waals surface area contributed by atoms with Gasteiger partial charge in [-0.15, -0.1) is 0 Å². The van der Waals surface area contributed by atoms with Crippen LogP contribution in [0.4, 0.5) is 16.2 Å². The molecule has 2 heterocycles. The van der Waals surface area contributed by atoms with Crippen molar-refractivity contribution in [1.29, 1.82) is 0 Å². The predicted molar refractivity (Wildman–Crippen MR) is 92.6 cm³/mol. The molecule has 2 aromatic carbocycles. The molecule has 4 aromatic rings. The maximum absolute atomic E-state index is 13.6. The maximum atomic E-state index is 13.6. The molecule has 0 unspecified atom stereocenters. The molecule has 0 aliphatic carbocycles. The van der Waals surface area contributed by atoms with E-state index < -0.39 is 5.82 Å². The summed E-state index contributed by atoms with van der Waals surface area (Å²) in [5.74, 6) is 0.233. The van der Waals surface area contributed by atoms with Crippen LogP contribution < -0.4 is 10.9 Å². The Kier molecular flexibility index (Phi) is 3.66. The third-order valence-electron chi connectivity index (χ3n) is 3.65. The van der Waals surface area contributed by atoms with Crippen molar-refractivity contribution in [2.75, 3.05) is 5.32 Å². The topological polar surface area (TPSA) is 72.7 Å². The SMILES string of the molecule is O=c1c2cc(F)ccc2nc(Nc2cnccn2)n1-c1ccccc1. The summed E-state index contributed by atoms with van der Waals surface area (Å²) in [5, 5.41) is 3.21. The van der Waals surface area contributed by atoms with Gasteiger partial charge in [0.05, 0.1) is 22.8 Å². The number of nitrogens with zero attached hydrogens (tertiary/aromatic N) is 4. The number of benzene rings is 2. The van der Waals surface area contributed by atoms with E-state index in [0.29, 0.717) is 17.0 Å². The van der Waals surface area contributed by atoms with Crippen molar-refractivity contribution in [2.24, 2.45) is 0 Å². The molecular weight excluding hydrogens is 321 g/mol. The smallest absolute Gasteiger partial charge is 0.267 e. The van der Waals surface area contributed by atoms with E-state index in [-0.39, 0.29) is 16.9 Å². The highest BCUT2D eigenvalue weighted by molar-refractivity contribution is 5.79. The first kappa shape index (κ1) is 14.9. The summed E-state index contributed by atoms with van der Waals surface area (Å²) in [4.78, 5) is 25.6. The zero-order valence-electron chi connectivity index (χ0n) is 12.9. The lowest BCUT2D eigenvalue weighted by Crippen LogP contribution is -2.23. The van der Waals surface area contributed by atoms with Crippen molar-refractivity contribution in [3.63, 3.8) is 0 Å². The van der Waals surface area contributed by atoms with E-state index >= 15 is 0 Å². The Labute approximate surface area is 141 Å². The minimum Gasteiger partial charge on any atom is -0.309 e. The average molecular weight is 333 g/mol. The van der Waals surface area contributed by atoms with Gasteiger partial charge in [0.15, 0.2) is 5.82 Å². The molecule has 6 nitrogen and oxygen atoms in total. The molecule has 2 aromatic heterocycles. The van der Waals surface area contributed by atoms with E-state index in [1.807, 2.05) is 18.2 Å². The normalized spacial score (nSPS) is 10.8. The van der Waals surface area contributed by atoms with Crippen LogP contribution in [0.1, 0.15) is 0 Å². The predicted octanol–water partition coefficient (Wildman–Crippen LogP) is 3.06. The van der Waals surface area contributed by atoms with Gasteiger partial charge in [0.25, 0.3) is 5.56 Å². The molecule has 0 spiro atoms. The summed E-state index contributed by atoms with van der Waals surface area (Å²) in [5.41, 5.74) is 0.629. The Morgan fingerprint density at radius 2 is 1.88 bits per heavy atom. The number of halogens is 1. The summed E-state index contributed by atoms with van der Waals surface area (Å²) >= 11 is 0. The zero-order chi connectivity index (χ0) is 17.2. The molecule has 7 heteroatoms. The number of fused-ring (bicyclic) bond motifs is 1. The summed E-state index contributed by atoms with van der Waals surface area (Å²) in [6.07, 6.45) is 4.60. The fourth-order valence-electron chi connectivity index (χ4n) is 2.54. The Hall–Kier alpha value is -3.61. The Morgan fingerprint density at radius 3 is 2.64 bits per heavy atom. The molecule has 25 heavy (non-hydrogen) atoms. The van der Waals surface area contributed by atoms with Crippen molar-refractivity contribution in [3.8, 4) is 5.69 Å². The number of nitrogens with one attached hydrogen (secondary N) is 1. The quantitative estimate of drug-likeness (QED) is 0.624. The number of anilines is 2. The number of rotatable bonds is 3. The zero-order valence-corrected chi connectivity index (χ0v) is 12.9. The Bertz CT molecular complexity index is 1100. The van der Waals surface area contributed by atoms with Crippen LogP contribution in [0, 0.1) is 5.82 Å². The number of hydrogen-bond donors (Lipinski definition) is 1. The van der Waals surface area contributed by atoms with E-state index in [1.165, 1.54) is 35.2 Å². The average Bonchev–Trinajstić information content (AvgIpc) is 2.64. The highest BCUT2D eigenvalue weighted by Crippen LogP contribution is 2.19. The first-order valence-corrected chi connectivity index (χ1v) is 7.53. The van der Waals surface area contributed by atoms with Gasteiger partial charge < -0.3 is 5.32 Å². The van der Waals surface area contributed by atoms with Gasteiger partial charge in [-0.05, 0) is 30.3 Å². The molecular formula is C18H12FN5O. The van der Waals surface area contributed by atoms with Gasteiger partial charge >= 0.3 is 0 Å².